The van der Waals surface area contributed by atoms with Gasteiger partial charge in [0, 0.05) is 11.4 Å². The first-order valence-electron chi connectivity index (χ1n) is 6.49. The second-order valence-corrected chi connectivity index (χ2v) is 5.26. The molecule has 5 heteroatoms. The Bertz CT molecular complexity index is 506. The van der Waals surface area contributed by atoms with Crippen LogP contribution in [0, 0.1) is 0 Å². The van der Waals surface area contributed by atoms with Gasteiger partial charge in [0.2, 0.25) is 0 Å². The maximum Gasteiger partial charge on any atom is 0.0801 e. The highest BCUT2D eigenvalue weighted by Gasteiger charge is 2.17. The van der Waals surface area contributed by atoms with Crippen molar-refractivity contribution in [2.45, 2.75) is 30.8 Å². The Morgan fingerprint density at radius 3 is 2.63 bits per heavy atom. The second-order valence-electron chi connectivity index (χ2n) is 4.38. The smallest absolute Gasteiger partial charge is 0.0801 e. The summed E-state index contributed by atoms with van der Waals surface area (Å²) >= 11 is 1.76. The summed E-state index contributed by atoms with van der Waals surface area (Å²) in [5.41, 5.74) is 2.35. The number of nitrogens with one attached hydrogen (secondary N) is 1. The predicted octanol–water partition coefficient (Wildman–Crippen LogP) is 2.72. The Kier molecular flexibility index (Phi) is 4.99. The van der Waals surface area contributed by atoms with E-state index in [1.807, 2.05) is 17.9 Å². The van der Waals surface area contributed by atoms with E-state index in [9.17, 15) is 0 Å². The maximum atomic E-state index is 4.16. The molecule has 4 nitrogen and oxygen atoms in total. The molecular formula is C14H20N4S. The molecule has 2 aromatic rings. The highest BCUT2D eigenvalue weighted by molar-refractivity contribution is 7.98. The normalized spacial score (nSPS) is 12.6. The fraction of sp³-hybridized carbons (Fsp3) is 0.429. The SMILES string of the molecule is CCCn1nncc1C(NC)c1ccc(SC)cc1. The molecule has 102 valence electrons. The van der Waals surface area contributed by atoms with Gasteiger partial charge in [0.1, 0.15) is 0 Å². The third-order valence-electron chi connectivity index (χ3n) is 3.12. The van der Waals surface area contributed by atoms with Gasteiger partial charge in [-0.05, 0) is 37.4 Å². The third kappa shape index (κ3) is 3.16. The van der Waals surface area contributed by atoms with Gasteiger partial charge in [0.15, 0.2) is 0 Å². The van der Waals surface area contributed by atoms with Crippen LogP contribution in [-0.4, -0.2) is 28.3 Å². The van der Waals surface area contributed by atoms with Gasteiger partial charge in [-0.25, -0.2) is 4.68 Å². The minimum absolute atomic E-state index is 0.137. The molecule has 0 spiro atoms. The van der Waals surface area contributed by atoms with Gasteiger partial charge >= 0.3 is 0 Å². The Balaban J connectivity index is 2.29. The largest absolute Gasteiger partial charge is 0.308 e. The van der Waals surface area contributed by atoms with E-state index in [0.29, 0.717) is 0 Å². The lowest BCUT2D eigenvalue weighted by molar-refractivity contribution is 0.523. The Morgan fingerprint density at radius 1 is 1.32 bits per heavy atom. The number of thioether (sulfide) groups is 1. The summed E-state index contributed by atoms with van der Waals surface area (Å²) in [5, 5.41) is 11.5. The molecule has 19 heavy (non-hydrogen) atoms. The molecule has 1 unspecified atom stereocenters. The van der Waals surface area contributed by atoms with Crippen molar-refractivity contribution in [2.24, 2.45) is 0 Å². The van der Waals surface area contributed by atoms with Crippen molar-refractivity contribution in [3.8, 4) is 0 Å². The summed E-state index contributed by atoms with van der Waals surface area (Å²) < 4.78 is 1.98. The van der Waals surface area contributed by atoms with E-state index in [1.54, 1.807) is 11.8 Å². The van der Waals surface area contributed by atoms with Gasteiger partial charge in [-0.1, -0.05) is 24.3 Å². The van der Waals surface area contributed by atoms with Crippen LogP contribution in [0.2, 0.25) is 0 Å². The second kappa shape index (κ2) is 6.73. The highest BCUT2D eigenvalue weighted by atomic mass is 32.2. The van der Waals surface area contributed by atoms with Crippen LogP contribution in [0.1, 0.15) is 30.6 Å². The summed E-state index contributed by atoms with van der Waals surface area (Å²) in [6.07, 6.45) is 4.99. The van der Waals surface area contributed by atoms with E-state index in [1.165, 1.54) is 10.5 Å². The molecule has 1 atom stereocenters. The van der Waals surface area contributed by atoms with Gasteiger partial charge in [-0.15, -0.1) is 16.9 Å². The van der Waals surface area contributed by atoms with Crippen molar-refractivity contribution < 1.29 is 0 Å². The molecule has 0 fully saturated rings. The van der Waals surface area contributed by atoms with E-state index >= 15 is 0 Å². The van der Waals surface area contributed by atoms with Crippen molar-refractivity contribution in [1.29, 1.82) is 0 Å². The van der Waals surface area contributed by atoms with Gasteiger partial charge in [0.05, 0.1) is 17.9 Å². The fourth-order valence-electron chi connectivity index (χ4n) is 2.16. The Labute approximate surface area is 118 Å². The van der Waals surface area contributed by atoms with Crippen molar-refractivity contribution in [3.05, 3.63) is 41.7 Å². The first-order valence-corrected chi connectivity index (χ1v) is 7.72. The molecular weight excluding hydrogens is 256 g/mol. The van der Waals surface area contributed by atoms with Crippen molar-refractivity contribution in [3.63, 3.8) is 0 Å². The zero-order chi connectivity index (χ0) is 13.7. The molecule has 0 aliphatic rings. The van der Waals surface area contributed by atoms with Gasteiger partial charge in [0.25, 0.3) is 0 Å². The summed E-state index contributed by atoms with van der Waals surface area (Å²) in [6.45, 7) is 3.05. The first kappa shape index (κ1) is 14.1. The topological polar surface area (TPSA) is 42.7 Å². The summed E-state index contributed by atoms with van der Waals surface area (Å²) in [4.78, 5) is 1.28. The van der Waals surface area contributed by atoms with Crippen LogP contribution < -0.4 is 5.32 Å². The minimum atomic E-state index is 0.137. The average Bonchev–Trinajstić information content (AvgIpc) is 2.89. The predicted molar refractivity (Wildman–Crippen MR) is 79.4 cm³/mol. The lowest BCUT2D eigenvalue weighted by Crippen LogP contribution is -2.21. The molecule has 0 bridgehead atoms. The quantitative estimate of drug-likeness (QED) is 0.824. The number of nitrogens with zero attached hydrogens (tertiary/aromatic N) is 3. The van der Waals surface area contributed by atoms with Gasteiger partial charge < -0.3 is 5.32 Å². The number of hydrogen-bond acceptors (Lipinski definition) is 4. The van der Waals surface area contributed by atoms with Crippen LogP contribution in [0.5, 0.6) is 0 Å². The first-order chi connectivity index (χ1) is 9.30. The van der Waals surface area contributed by atoms with Crippen molar-refractivity contribution in [1.82, 2.24) is 20.3 Å². The zero-order valence-corrected chi connectivity index (χ0v) is 12.4. The van der Waals surface area contributed by atoms with Crippen LogP contribution >= 0.6 is 11.8 Å². The lowest BCUT2D eigenvalue weighted by Gasteiger charge is -2.17. The number of aromatic nitrogens is 3. The van der Waals surface area contributed by atoms with E-state index in [0.717, 1.165) is 18.7 Å². The van der Waals surface area contributed by atoms with Crippen molar-refractivity contribution in [2.75, 3.05) is 13.3 Å². The molecule has 0 radical (unpaired) electrons. The van der Waals surface area contributed by atoms with E-state index in [4.69, 9.17) is 0 Å². The monoisotopic (exact) mass is 276 g/mol. The van der Waals surface area contributed by atoms with Crippen LogP contribution in [-0.2, 0) is 6.54 Å². The molecule has 0 amide bonds. The molecule has 0 aliphatic heterocycles. The Hall–Kier alpha value is -1.33. The van der Waals surface area contributed by atoms with E-state index in [-0.39, 0.29) is 6.04 Å². The Morgan fingerprint density at radius 2 is 2.05 bits per heavy atom. The van der Waals surface area contributed by atoms with Crippen LogP contribution in [0.25, 0.3) is 0 Å². The zero-order valence-electron chi connectivity index (χ0n) is 11.6. The maximum absolute atomic E-state index is 4.16. The third-order valence-corrected chi connectivity index (χ3v) is 3.86. The standard InChI is InChI=1S/C14H20N4S/c1-4-9-18-13(10-16-17-18)14(15-2)11-5-7-12(19-3)8-6-11/h5-8,10,14-15H,4,9H2,1-3H3. The van der Waals surface area contributed by atoms with E-state index < -0.39 is 0 Å². The minimum Gasteiger partial charge on any atom is -0.308 e. The van der Waals surface area contributed by atoms with Crippen LogP contribution in [0.15, 0.2) is 35.4 Å². The van der Waals surface area contributed by atoms with Crippen LogP contribution in [0.3, 0.4) is 0 Å². The molecule has 0 aliphatic carbocycles. The van der Waals surface area contributed by atoms with E-state index in [2.05, 4.69) is 53.1 Å². The van der Waals surface area contributed by atoms with Gasteiger partial charge in [-0.2, -0.15) is 0 Å². The molecule has 1 aromatic heterocycles. The number of benzene rings is 1. The fourth-order valence-corrected chi connectivity index (χ4v) is 2.56. The van der Waals surface area contributed by atoms with Crippen LogP contribution in [0.4, 0.5) is 0 Å². The summed E-state index contributed by atoms with van der Waals surface area (Å²) in [5.74, 6) is 0. The molecule has 1 N–H and O–H groups in total. The number of hydrogen-bond donors (Lipinski definition) is 1. The summed E-state index contributed by atoms with van der Waals surface area (Å²) in [7, 11) is 1.97. The molecule has 1 heterocycles. The molecule has 0 saturated heterocycles. The molecule has 0 saturated carbocycles. The lowest BCUT2D eigenvalue weighted by atomic mass is 10.0. The van der Waals surface area contributed by atoms with Gasteiger partial charge in [-0.3, -0.25) is 0 Å². The highest BCUT2D eigenvalue weighted by Crippen LogP contribution is 2.23. The average molecular weight is 276 g/mol. The number of aryl methyl sites for hydroxylation is 1. The van der Waals surface area contributed by atoms with Crippen molar-refractivity contribution >= 4 is 11.8 Å². The summed E-state index contributed by atoms with van der Waals surface area (Å²) in [6, 6.07) is 8.76. The molecule has 2 rings (SSSR count). The number of rotatable bonds is 6. The molecule has 1 aromatic carbocycles.